The molecule has 0 aromatic heterocycles. The lowest BCUT2D eigenvalue weighted by Gasteiger charge is -2.12. The molecule has 4 aromatic carbocycles. The van der Waals surface area contributed by atoms with Gasteiger partial charge in [0, 0.05) is 6.42 Å². The summed E-state index contributed by atoms with van der Waals surface area (Å²) >= 11 is 0. The summed E-state index contributed by atoms with van der Waals surface area (Å²) in [4.78, 5) is 0. The second-order valence-electron chi connectivity index (χ2n) is 6.24. The van der Waals surface area contributed by atoms with E-state index in [-0.39, 0.29) is 0 Å². The fourth-order valence-corrected chi connectivity index (χ4v) is 3.09. The van der Waals surface area contributed by atoms with Crippen molar-refractivity contribution in [3.8, 4) is 5.75 Å². The summed E-state index contributed by atoms with van der Waals surface area (Å²) in [5.74, 6) is 0.958. The van der Waals surface area contributed by atoms with Crippen molar-refractivity contribution in [1.29, 1.82) is 0 Å². The van der Waals surface area contributed by atoms with Gasteiger partial charge in [0.05, 0.1) is 0 Å². The molecule has 4 aromatic rings. The maximum atomic E-state index is 6.08. The lowest BCUT2D eigenvalue weighted by Crippen LogP contribution is -1.99. The van der Waals surface area contributed by atoms with Gasteiger partial charge in [0.25, 0.3) is 0 Å². The predicted molar refractivity (Wildman–Crippen MR) is 104 cm³/mol. The van der Waals surface area contributed by atoms with E-state index in [1.165, 1.54) is 27.5 Å². The average molecular weight is 324 g/mol. The van der Waals surface area contributed by atoms with E-state index in [1.807, 2.05) is 24.3 Å². The summed E-state index contributed by atoms with van der Waals surface area (Å²) in [6.45, 7) is 0.593. The molecule has 0 bridgehead atoms. The van der Waals surface area contributed by atoms with Crippen LogP contribution in [0.2, 0.25) is 0 Å². The molecule has 0 aliphatic carbocycles. The van der Waals surface area contributed by atoms with Crippen molar-refractivity contribution in [3.63, 3.8) is 0 Å². The highest BCUT2D eigenvalue weighted by atomic mass is 16.5. The molecule has 0 amide bonds. The van der Waals surface area contributed by atoms with Crippen LogP contribution in [0, 0.1) is 0 Å². The smallest absolute Gasteiger partial charge is 0.123 e. The van der Waals surface area contributed by atoms with Crippen LogP contribution in [0.3, 0.4) is 0 Å². The Balaban J connectivity index is 1.55. The van der Waals surface area contributed by atoms with Crippen LogP contribution in [0.1, 0.15) is 16.7 Å². The van der Waals surface area contributed by atoms with Gasteiger partial charge in [0.1, 0.15) is 12.4 Å². The Hall–Kier alpha value is -3.06. The summed E-state index contributed by atoms with van der Waals surface area (Å²) in [7, 11) is 0. The van der Waals surface area contributed by atoms with Gasteiger partial charge in [0.2, 0.25) is 0 Å². The third kappa shape index (κ3) is 3.72. The maximum absolute atomic E-state index is 6.08. The van der Waals surface area contributed by atoms with E-state index >= 15 is 0 Å². The number of ether oxygens (including phenoxy) is 1. The van der Waals surface area contributed by atoms with Gasteiger partial charge in [0.15, 0.2) is 0 Å². The molecule has 0 aliphatic rings. The van der Waals surface area contributed by atoms with Gasteiger partial charge in [-0.2, -0.15) is 0 Å². The molecule has 1 nitrogen and oxygen atoms in total. The molecule has 4 rings (SSSR count). The number of hydrogen-bond donors (Lipinski definition) is 0. The fourth-order valence-electron chi connectivity index (χ4n) is 3.09. The van der Waals surface area contributed by atoms with Gasteiger partial charge in [-0.15, -0.1) is 0 Å². The zero-order valence-electron chi connectivity index (χ0n) is 14.1. The Labute approximate surface area is 148 Å². The zero-order chi connectivity index (χ0) is 16.9. The molecule has 0 spiro atoms. The van der Waals surface area contributed by atoms with Crippen LogP contribution in [0.25, 0.3) is 10.8 Å². The molecular weight excluding hydrogens is 304 g/mol. The van der Waals surface area contributed by atoms with Crippen LogP contribution < -0.4 is 4.74 Å². The quantitative estimate of drug-likeness (QED) is 0.437. The molecule has 122 valence electrons. The topological polar surface area (TPSA) is 9.23 Å². The second kappa shape index (κ2) is 7.23. The van der Waals surface area contributed by atoms with Crippen molar-refractivity contribution in [2.24, 2.45) is 0 Å². The number of rotatable bonds is 5. The molecule has 0 aliphatic heterocycles. The van der Waals surface area contributed by atoms with Gasteiger partial charge in [-0.05, 0) is 33.5 Å². The first-order valence-corrected chi connectivity index (χ1v) is 8.61. The van der Waals surface area contributed by atoms with Crippen molar-refractivity contribution >= 4 is 10.8 Å². The number of hydrogen-bond acceptors (Lipinski definition) is 1. The van der Waals surface area contributed by atoms with Crippen LogP contribution in [0.5, 0.6) is 5.75 Å². The molecule has 25 heavy (non-hydrogen) atoms. The first kappa shape index (κ1) is 15.5. The summed E-state index contributed by atoms with van der Waals surface area (Å²) in [5, 5.41) is 2.56. The third-order valence-electron chi connectivity index (χ3n) is 4.42. The van der Waals surface area contributed by atoms with E-state index in [0.29, 0.717) is 6.61 Å². The largest absolute Gasteiger partial charge is 0.489 e. The lowest BCUT2D eigenvalue weighted by molar-refractivity contribution is 0.303. The molecular formula is C24H20O. The van der Waals surface area contributed by atoms with Crippen molar-refractivity contribution < 1.29 is 4.74 Å². The van der Waals surface area contributed by atoms with E-state index in [1.54, 1.807) is 0 Å². The fraction of sp³-hybridized carbons (Fsp3) is 0.0833. The molecule has 0 saturated heterocycles. The van der Waals surface area contributed by atoms with E-state index in [9.17, 15) is 0 Å². The number of benzene rings is 4. The van der Waals surface area contributed by atoms with E-state index in [2.05, 4.69) is 72.8 Å². The van der Waals surface area contributed by atoms with Crippen molar-refractivity contribution in [2.45, 2.75) is 13.0 Å². The van der Waals surface area contributed by atoms with E-state index in [4.69, 9.17) is 4.74 Å². The lowest BCUT2D eigenvalue weighted by atomic mass is 10.0. The van der Waals surface area contributed by atoms with E-state index in [0.717, 1.165) is 12.2 Å². The first-order valence-electron chi connectivity index (χ1n) is 8.61. The summed E-state index contributed by atoms with van der Waals surface area (Å²) in [5.41, 5.74) is 3.70. The minimum Gasteiger partial charge on any atom is -0.489 e. The molecule has 0 heterocycles. The Morgan fingerprint density at radius 1 is 0.560 bits per heavy atom. The predicted octanol–water partition coefficient (Wildman–Crippen LogP) is 6.01. The third-order valence-corrected chi connectivity index (χ3v) is 4.42. The Morgan fingerprint density at radius 3 is 2.16 bits per heavy atom. The van der Waals surface area contributed by atoms with Crippen LogP contribution >= 0.6 is 0 Å². The zero-order valence-corrected chi connectivity index (χ0v) is 14.1. The Kier molecular flexibility index (Phi) is 4.47. The van der Waals surface area contributed by atoms with Gasteiger partial charge in [-0.1, -0.05) is 91.0 Å². The molecule has 0 saturated carbocycles. The van der Waals surface area contributed by atoms with Gasteiger partial charge < -0.3 is 4.74 Å². The number of fused-ring (bicyclic) bond motifs is 1. The SMILES string of the molecule is c1ccc(COc2ccccc2Cc2ccc3ccccc3c2)cc1. The molecule has 0 atom stereocenters. The van der Waals surface area contributed by atoms with Gasteiger partial charge in [-0.25, -0.2) is 0 Å². The van der Waals surface area contributed by atoms with Gasteiger partial charge in [-0.3, -0.25) is 0 Å². The molecule has 0 unspecified atom stereocenters. The van der Waals surface area contributed by atoms with Crippen LogP contribution in [0.15, 0.2) is 97.1 Å². The summed E-state index contributed by atoms with van der Waals surface area (Å²) in [6, 6.07) is 33.7. The molecule has 0 fully saturated rings. The Bertz CT molecular complexity index is 973. The van der Waals surface area contributed by atoms with Gasteiger partial charge >= 0.3 is 0 Å². The monoisotopic (exact) mass is 324 g/mol. The molecule has 1 heteroatoms. The van der Waals surface area contributed by atoms with Crippen molar-refractivity contribution in [1.82, 2.24) is 0 Å². The Morgan fingerprint density at radius 2 is 1.28 bits per heavy atom. The highest BCUT2D eigenvalue weighted by Crippen LogP contribution is 2.24. The van der Waals surface area contributed by atoms with Crippen LogP contribution in [0.4, 0.5) is 0 Å². The average Bonchev–Trinajstić information content (AvgIpc) is 2.68. The highest BCUT2D eigenvalue weighted by Gasteiger charge is 2.05. The van der Waals surface area contributed by atoms with Crippen LogP contribution in [-0.4, -0.2) is 0 Å². The van der Waals surface area contributed by atoms with E-state index < -0.39 is 0 Å². The molecule has 0 radical (unpaired) electrons. The van der Waals surface area contributed by atoms with Crippen molar-refractivity contribution in [3.05, 3.63) is 114 Å². The van der Waals surface area contributed by atoms with Crippen molar-refractivity contribution in [2.75, 3.05) is 0 Å². The number of para-hydroxylation sites is 1. The normalized spacial score (nSPS) is 10.7. The minimum atomic E-state index is 0.593. The minimum absolute atomic E-state index is 0.593. The summed E-state index contributed by atoms with van der Waals surface area (Å²) < 4.78 is 6.08. The maximum Gasteiger partial charge on any atom is 0.123 e. The molecule has 0 N–H and O–H groups in total. The van der Waals surface area contributed by atoms with Crippen LogP contribution in [-0.2, 0) is 13.0 Å². The standard InChI is InChI=1S/C24H20O/c1-2-8-19(9-3-1)18-25-24-13-7-6-12-23(24)17-20-14-15-21-10-4-5-11-22(21)16-20/h1-16H,17-18H2. The second-order valence-corrected chi connectivity index (χ2v) is 6.24. The highest BCUT2D eigenvalue weighted by molar-refractivity contribution is 5.83. The summed E-state index contributed by atoms with van der Waals surface area (Å²) in [6.07, 6.45) is 0.871. The first-order chi connectivity index (χ1) is 12.4.